The Bertz CT molecular complexity index is 691. The quantitative estimate of drug-likeness (QED) is 0.398. The SMILES string of the molecule is C=CCCCCCN(C)C(=C)c1cccc2cccc(C=C)c12. The average Bonchev–Trinajstić information content (AvgIpc) is 2.59. The van der Waals surface area contributed by atoms with Crippen LogP contribution in [0.15, 0.2) is 62.2 Å². The maximum Gasteiger partial charge on any atom is 0.0370 e. The Labute approximate surface area is 140 Å². The number of hydrogen-bond donors (Lipinski definition) is 0. The summed E-state index contributed by atoms with van der Waals surface area (Å²) >= 11 is 0. The number of rotatable bonds is 9. The molecule has 0 aliphatic carbocycles. The lowest BCUT2D eigenvalue weighted by molar-refractivity contribution is 0.454. The van der Waals surface area contributed by atoms with E-state index >= 15 is 0 Å². The Morgan fingerprint density at radius 2 is 1.78 bits per heavy atom. The Morgan fingerprint density at radius 1 is 1.04 bits per heavy atom. The molecule has 0 bridgehead atoms. The van der Waals surface area contributed by atoms with Gasteiger partial charge in [-0.15, -0.1) is 6.58 Å². The zero-order valence-electron chi connectivity index (χ0n) is 14.2. The fourth-order valence-corrected chi connectivity index (χ4v) is 2.94. The van der Waals surface area contributed by atoms with E-state index < -0.39 is 0 Å². The van der Waals surface area contributed by atoms with Crippen LogP contribution < -0.4 is 0 Å². The molecule has 0 saturated heterocycles. The molecule has 120 valence electrons. The minimum Gasteiger partial charge on any atom is -0.375 e. The minimum atomic E-state index is 1.03. The summed E-state index contributed by atoms with van der Waals surface area (Å²) in [6.07, 6.45) is 8.67. The Hall–Kier alpha value is -2.28. The second kappa shape index (κ2) is 8.38. The van der Waals surface area contributed by atoms with E-state index in [0.29, 0.717) is 0 Å². The van der Waals surface area contributed by atoms with Crippen LogP contribution >= 0.6 is 0 Å². The molecular formula is C22H27N. The van der Waals surface area contributed by atoms with Gasteiger partial charge in [-0.3, -0.25) is 0 Å². The summed E-state index contributed by atoms with van der Waals surface area (Å²) in [6.45, 7) is 13.1. The Balaban J connectivity index is 2.17. The minimum absolute atomic E-state index is 1.03. The summed E-state index contributed by atoms with van der Waals surface area (Å²) in [5.41, 5.74) is 3.44. The second-order valence-corrected chi connectivity index (χ2v) is 5.96. The van der Waals surface area contributed by atoms with Crippen molar-refractivity contribution in [2.75, 3.05) is 13.6 Å². The third kappa shape index (κ3) is 4.13. The fourth-order valence-electron chi connectivity index (χ4n) is 2.94. The van der Waals surface area contributed by atoms with E-state index in [1.54, 1.807) is 0 Å². The lowest BCUT2D eigenvalue weighted by atomic mass is 9.97. The Kier molecular flexibility index (Phi) is 6.22. The topological polar surface area (TPSA) is 3.24 Å². The van der Waals surface area contributed by atoms with Gasteiger partial charge in [0.15, 0.2) is 0 Å². The molecule has 0 N–H and O–H groups in total. The van der Waals surface area contributed by atoms with Gasteiger partial charge in [0.2, 0.25) is 0 Å². The molecule has 2 aromatic rings. The molecule has 1 heteroatoms. The monoisotopic (exact) mass is 305 g/mol. The van der Waals surface area contributed by atoms with Crippen LogP contribution in [0.5, 0.6) is 0 Å². The molecule has 2 aromatic carbocycles. The summed E-state index contributed by atoms with van der Waals surface area (Å²) in [7, 11) is 2.13. The number of unbranched alkanes of at least 4 members (excludes halogenated alkanes) is 3. The maximum atomic E-state index is 4.34. The second-order valence-electron chi connectivity index (χ2n) is 5.96. The van der Waals surface area contributed by atoms with Crippen molar-refractivity contribution in [1.82, 2.24) is 4.90 Å². The van der Waals surface area contributed by atoms with Crippen molar-refractivity contribution in [3.8, 4) is 0 Å². The maximum absolute atomic E-state index is 4.34. The van der Waals surface area contributed by atoms with Gasteiger partial charge in [0.1, 0.15) is 0 Å². The van der Waals surface area contributed by atoms with Crippen LogP contribution in [0, 0.1) is 0 Å². The zero-order valence-corrected chi connectivity index (χ0v) is 14.2. The highest BCUT2D eigenvalue weighted by molar-refractivity contribution is 5.98. The summed E-state index contributed by atoms with van der Waals surface area (Å²) in [5, 5.41) is 2.48. The number of allylic oxidation sites excluding steroid dienone is 1. The zero-order chi connectivity index (χ0) is 16.7. The van der Waals surface area contributed by atoms with Crippen LogP contribution in [0.25, 0.3) is 22.5 Å². The first-order valence-electron chi connectivity index (χ1n) is 8.34. The largest absolute Gasteiger partial charge is 0.375 e. The third-order valence-electron chi connectivity index (χ3n) is 4.33. The molecule has 0 saturated carbocycles. The first-order valence-corrected chi connectivity index (χ1v) is 8.34. The van der Waals surface area contributed by atoms with Crippen molar-refractivity contribution in [2.24, 2.45) is 0 Å². The summed E-state index contributed by atoms with van der Waals surface area (Å²) in [5.74, 6) is 0. The van der Waals surface area contributed by atoms with Crippen molar-refractivity contribution in [2.45, 2.75) is 25.7 Å². The lowest BCUT2D eigenvalue weighted by Crippen LogP contribution is -2.17. The van der Waals surface area contributed by atoms with Crippen molar-refractivity contribution >= 4 is 22.5 Å². The predicted octanol–water partition coefficient (Wildman–Crippen LogP) is 6.13. The molecule has 0 amide bonds. The number of benzene rings is 2. The van der Waals surface area contributed by atoms with E-state index in [1.165, 1.54) is 41.2 Å². The lowest BCUT2D eigenvalue weighted by Gasteiger charge is -2.23. The van der Waals surface area contributed by atoms with Crippen LogP contribution in [-0.4, -0.2) is 18.5 Å². The molecule has 0 aromatic heterocycles. The van der Waals surface area contributed by atoms with E-state index in [1.807, 2.05) is 12.2 Å². The van der Waals surface area contributed by atoms with Gasteiger partial charge >= 0.3 is 0 Å². The van der Waals surface area contributed by atoms with Gasteiger partial charge < -0.3 is 4.90 Å². The number of fused-ring (bicyclic) bond motifs is 1. The molecular weight excluding hydrogens is 278 g/mol. The van der Waals surface area contributed by atoms with Gasteiger partial charge in [0, 0.05) is 24.9 Å². The first-order chi connectivity index (χ1) is 11.2. The highest BCUT2D eigenvalue weighted by Gasteiger charge is 2.10. The molecule has 2 rings (SSSR count). The summed E-state index contributed by atoms with van der Waals surface area (Å²) in [6, 6.07) is 12.7. The molecule has 0 heterocycles. The third-order valence-corrected chi connectivity index (χ3v) is 4.33. The molecule has 1 nitrogen and oxygen atoms in total. The van der Waals surface area contributed by atoms with Gasteiger partial charge in [-0.2, -0.15) is 0 Å². The van der Waals surface area contributed by atoms with Crippen LogP contribution in [0.3, 0.4) is 0 Å². The van der Waals surface area contributed by atoms with Gasteiger partial charge in [0.25, 0.3) is 0 Å². The standard InChI is InChI=1S/C22H27N/c1-5-7-8-9-10-17-23(4)18(3)21-16-12-15-20-14-11-13-19(6-2)22(20)21/h5-6,11-16H,1-3,7-10,17H2,4H3. The normalized spacial score (nSPS) is 10.5. The average molecular weight is 305 g/mol. The molecule has 0 aliphatic rings. The van der Waals surface area contributed by atoms with Crippen LogP contribution in [0.4, 0.5) is 0 Å². The van der Waals surface area contributed by atoms with Crippen molar-refractivity contribution < 1.29 is 0 Å². The van der Waals surface area contributed by atoms with E-state index in [0.717, 1.165) is 18.7 Å². The molecule has 0 fully saturated rings. The van der Waals surface area contributed by atoms with Crippen LogP contribution in [-0.2, 0) is 0 Å². The van der Waals surface area contributed by atoms with Gasteiger partial charge in [-0.05, 0) is 35.6 Å². The summed E-state index contributed by atoms with van der Waals surface area (Å²) < 4.78 is 0. The highest BCUT2D eigenvalue weighted by Crippen LogP contribution is 2.29. The molecule has 0 radical (unpaired) electrons. The van der Waals surface area contributed by atoms with E-state index in [4.69, 9.17) is 0 Å². The van der Waals surface area contributed by atoms with Crippen molar-refractivity contribution in [3.05, 3.63) is 73.3 Å². The van der Waals surface area contributed by atoms with Crippen LogP contribution in [0.1, 0.15) is 36.8 Å². The number of nitrogens with zero attached hydrogens (tertiary/aromatic N) is 1. The molecule has 0 atom stereocenters. The van der Waals surface area contributed by atoms with E-state index in [9.17, 15) is 0 Å². The van der Waals surface area contributed by atoms with Crippen LogP contribution in [0.2, 0.25) is 0 Å². The molecule has 0 aliphatic heterocycles. The van der Waals surface area contributed by atoms with Gasteiger partial charge in [-0.25, -0.2) is 0 Å². The first kappa shape index (κ1) is 17.1. The van der Waals surface area contributed by atoms with E-state index in [-0.39, 0.29) is 0 Å². The molecule has 23 heavy (non-hydrogen) atoms. The van der Waals surface area contributed by atoms with Crippen molar-refractivity contribution in [3.63, 3.8) is 0 Å². The van der Waals surface area contributed by atoms with Crippen molar-refractivity contribution in [1.29, 1.82) is 0 Å². The number of hydrogen-bond acceptors (Lipinski definition) is 1. The highest BCUT2D eigenvalue weighted by atomic mass is 15.1. The molecule has 0 spiro atoms. The van der Waals surface area contributed by atoms with E-state index in [2.05, 4.69) is 68.1 Å². The van der Waals surface area contributed by atoms with Gasteiger partial charge in [0.05, 0.1) is 0 Å². The smallest absolute Gasteiger partial charge is 0.0370 e. The Morgan fingerprint density at radius 3 is 2.48 bits per heavy atom. The van der Waals surface area contributed by atoms with Gasteiger partial charge in [-0.1, -0.05) is 68.1 Å². The summed E-state index contributed by atoms with van der Waals surface area (Å²) in [4.78, 5) is 2.27. The molecule has 0 unspecified atom stereocenters. The predicted molar refractivity (Wildman–Crippen MR) is 104 cm³/mol. The fraction of sp³-hybridized carbons (Fsp3) is 0.273.